The van der Waals surface area contributed by atoms with E-state index in [9.17, 15) is 9.50 Å². The fourth-order valence-corrected chi connectivity index (χ4v) is 1.90. The second-order valence-electron chi connectivity index (χ2n) is 5.08. The van der Waals surface area contributed by atoms with Crippen LogP contribution in [0.5, 0.6) is 5.75 Å². The molecule has 2 rings (SSSR count). The van der Waals surface area contributed by atoms with Crippen molar-refractivity contribution >= 4 is 5.69 Å². The van der Waals surface area contributed by atoms with Crippen LogP contribution in [0, 0.1) is 19.7 Å². The van der Waals surface area contributed by atoms with Crippen molar-refractivity contribution in [3.63, 3.8) is 0 Å². The van der Waals surface area contributed by atoms with Crippen LogP contribution in [0.2, 0.25) is 0 Å². The molecule has 2 aromatic carbocycles. The van der Waals surface area contributed by atoms with Gasteiger partial charge in [0.15, 0.2) is 0 Å². The highest BCUT2D eigenvalue weighted by Crippen LogP contribution is 2.16. The Bertz CT molecular complexity index is 601. The van der Waals surface area contributed by atoms with Gasteiger partial charge in [-0.15, -0.1) is 0 Å². The Kier molecular flexibility index (Phi) is 5.17. The first kappa shape index (κ1) is 15.3. The SMILES string of the molecule is Cc1ccc(NCC(O)COc2ccccc2C)cc1F. The van der Waals surface area contributed by atoms with Crippen LogP contribution in [0.25, 0.3) is 0 Å². The third kappa shape index (κ3) is 4.46. The number of anilines is 1. The number of halogens is 1. The van der Waals surface area contributed by atoms with Gasteiger partial charge in [0.2, 0.25) is 0 Å². The molecule has 21 heavy (non-hydrogen) atoms. The molecule has 1 atom stereocenters. The van der Waals surface area contributed by atoms with Crippen molar-refractivity contribution in [1.29, 1.82) is 0 Å². The Morgan fingerprint density at radius 3 is 2.62 bits per heavy atom. The normalized spacial score (nSPS) is 12.0. The molecular formula is C17H20FNO2. The molecule has 2 aromatic rings. The molecule has 4 heteroatoms. The predicted molar refractivity (Wildman–Crippen MR) is 82.3 cm³/mol. The van der Waals surface area contributed by atoms with E-state index in [1.807, 2.05) is 31.2 Å². The van der Waals surface area contributed by atoms with Crippen molar-refractivity contribution in [2.24, 2.45) is 0 Å². The number of hydrogen-bond donors (Lipinski definition) is 2. The van der Waals surface area contributed by atoms with Crippen molar-refractivity contribution in [2.75, 3.05) is 18.5 Å². The number of hydrogen-bond acceptors (Lipinski definition) is 3. The number of para-hydroxylation sites is 1. The Morgan fingerprint density at radius 2 is 1.90 bits per heavy atom. The van der Waals surface area contributed by atoms with Gasteiger partial charge in [0.25, 0.3) is 0 Å². The fourth-order valence-electron chi connectivity index (χ4n) is 1.90. The van der Waals surface area contributed by atoms with Crippen LogP contribution in [-0.4, -0.2) is 24.4 Å². The molecule has 0 heterocycles. The number of ether oxygens (including phenoxy) is 1. The van der Waals surface area contributed by atoms with E-state index in [4.69, 9.17) is 4.74 Å². The van der Waals surface area contributed by atoms with Crippen LogP contribution in [0.3, 0.4) is 0 Å². The molecule has 2 N–H and O–H groups in total. The summed E-state index contributed by atoms with van der Waals surface area (Å²) in [5, 5.41) is 12.9. The maximum atomic E-state index is 13.4. The first-order chi connectivity index (χ1) is 10.1. The Hall–Kier alpha value is -2.07. The van der Waals surface area contributed by atoms with Crippen molar-refractivity contribution in [1.82, 2.24) is 0 Å². The number of aryl methyl sites for hydroxylation is 2. The molecule has 0 aliphatic carbocycles. The second kappa shape index (κ2) is 7.09. The van der Waals surface area contributed by atoms with Gasteiger partial charge in [-0.2, -0.15) is 0 Å². The van der Waals surface area contributed by atoms with Gasteiger partial charge >= 0.3 is 0 Å². The predicted octanol–water partition coefficient (Wildman–Crippen LogP) is 3.29. The quantitative estimate of drug-likeness (QED) is 0.857. The van der Waals surface area contributed by atoms with Crippen LogP contribution in [-0.2, 0) is 0 Å². The molecule has 0 bridgehead atoms. The molecule has 0 aromatic heterocycles. The van der Waals surface area contributed by atoms with Gasteiger partial charge in [0.1, 0.15) is 24.3 Å². The lowest BCUT2D eigenvalue weighted by Crippen LogP contribution is -2.26. The number of benzene rings is 2. The van der Waals surface area contributed by atoms with Crippen molar-refractivity contribution < 1.29 is 14.2 Å². The molecule has 0 fully saturated rings. The average Bonchev–Trinajstić information content (AvgIpc) is 2.47. The number of nitrogens with one attached hydrogen (secondary N) is 1. The molecule has 0 radical (unpaired) electrons. The zero-order valence-corrected chi connectivity index (χ0v) is 12.3. The van der Waals surface area contributed by atoms with Gasteiger partial charge in [0.05, 0.1) is 0 Å². The van der Waals surface area contributed by atoms with Crippen LogP contribution in [0.1, 0.15) is 11.1 Å². The van der Waals surface area contributed by atoms with Gasteiger partial charge in [-0.1, -0.05) is 24.3 Å². The molecule has 3 nitrogen and oxygen atoms in total. The maximum absolute atomic E-state index is 13.4. The summed E-state index contributed by atoms with van der Waals surface area (Å²) in [4.78, 5) is 0. The van der Waals surface area contributed by atoms with Crippen LogP contribution < -0.4 is 10.1 Å². The van der Waals surface area contributed by atoms with Crippen molar-refractivity contribution in [3.05, 3.63) is 59.4 Å². The molecule has 0 amide bonds. The van der Waals surface area contributed by atoms with Gasteiger partial charge in [-0.05, 0) is 43.2 Å². The first-order valence-corrected chi connectivity index (χ1v) is 6.93. The van der Waals surface area contributed by atoms with E-state index < -0.39 is 6.10 Å². The van der Waals surface area contributed by atoms with E-state index in [0.29, 0.717) is 17.8 Å². The second-order valence-corrected chi connectivity index (χ2v) is 5.08. The minimum absolute atomic E-state index is 0.187. The summed E-state index contributed by atoms with van der Waals surface area (Å²) in [5.41, 5.74) is 2.27. The highest BCUT2D eigenvalue weighted by molar-refractivity contribution is 5.45. The minimum atomic E-state index is -0.672. The van der Waals surface area contributed by atoms with E-state index in [2.05, 4.69) is 5.32 Å². The lowest BCUT2D eigenvalue weighted by molar-refractivity contribution is 0.117. The van der Waals surface area contributed by atoms with Crippen LogP contribution in [0.15, 0.2) is 42.5 Å². The molecule has 0 saturated carbocycles. The fraction of sp³-hybridized carbons (Fsp3) is 0.294. The molecule has 112 valence electrons. The summed E-state index contributed by atoms with van der Waals surface area (Å²) in [6, 6.07) is 12.6. The average molecular weight is 289 g/mol. The van der Waals surface area contributed by atoms with Gasteiger partial charge in [0, 0.05) is 12.2 Å². The van der Waals surface area contributed by atoms with Crippen molar-refractivity contribution in [2.45, 2.75) is 20.0 Å². The third-order valence-corrected chi connectivity index (χ3v) is 3.24. The van der Waals surface area contributed by atoms with Crippen molar-refractivity contribution in [3.8, 4) is 5.75 Å². The summed E-state index contributed by atoms with van der Waals surface area (Å²) in [7, 11) is 0. The number of rotatable bonds is 6. The lowest BCUT2D eigenvalue weighted by atomic mass is 10.2. The van der Waals surface area contributed by atoms with Crippen LogP contribution in [0.4, 0.5) is 10.1 Å². The largest absolute Gasteiger partial charge is 0.491 e. The zero-order chi connectivity index (χ0) is 15.2. The molecule has 0 aliphatic heterocycles. The van der Waals surface area contributed by atoms with E-state index in [1.165, 1.54) is 6.07 Å². The summed E-state index contributed by atoms with van der Waals surface area (Å²) in [6.45, 7) is 4.15. The Labute approximate surface area is 124 Å². The Balaban J connectivity index is 1.81. The summed E-state index contributed by atoms with van der Waals surface area (Å²) in [6.07, 6.45) is -0.672. The monoisotopic (exact) mass is 289 g/mol. The smallest absolute Gasteiger partial charge is 0.128 e. The summed E-state index contributed by atoms with van der Waals surface area (Å²) in [5.74, 6) is 0.503. The third-order valence-electron chi connectivity index (χ3n) is 3.24. The Morgan fingerprint density at radius 1 is 1.14 bits per heavy atom. The highest BCUT2D eigenvalue weighted by atomic mass is 19.1. The molecule has 0 saturated heterocycles. The van der Waals surface area contributed by atoms with E-state index in [0.717, 1.165) is 11.3 Å². The zero-order valence-electron chi connectivity index (χ0n) is 12.3. The first-order valence-electron chi connectivity index (χ1n) is 6.93. The summed E-state index contributed by atoms with van der Waals surface area (Å²) >= 11 is 0. The topological polar surface area (TPSA) is 41.5 Å². The standard InChI is InChI=1S/C17H20FNO2/c1-12-7-8-14(9-16(12)18)19-10-15(20)11-21-17-6-4-3-5-13(17)2/h3-9,15,19-20H,10-11H2,1-2H3. The molecule has 0 aliphatic rings. The van der Waals surface area contributed by atoms with Crippen LogP contribution >= 0.6 is 0 Å². The number of aliphatic hydroxyl groups is 1. The van der Waals surface area contributed by atoms with Gasteiger partial charge in [-0.25, -0.2) is 4.39 Å². The van der Waals surface area contributed by atoms with Gasteiger partial charge in [-0.3, -0.25) is 0 Å². The molecule has 0 spiro atoms. The van der Waals surface area contributed by atoms with Gasteiger partial charge < -0.3 is 15.2 Å². The van der Waals surface area contributed by atoms with E-state index >= 15 is 0 Å². The van der Waals surface area contributed by atoms with E-state index in [1.54, 1.807) is 19.1 Å². The lowest BCUT2D eigenvalue weighted by Gasteiger charge is -2.15. The molecule has 1 unspecified atom stereocenters. The van der Waals surface area contributed by atoms with E-state index in [-0.39, 0.29) is 12.4 Å². The number of aliphatic hydroxyl groups excluding tert-OH is 1. The summed E-state index contributed by atoms with van der Waals surface area (Å²) < 4.78 is 19.0. The molecular weight excluding hydrogens is 269 g/mol. The minimum Gasteiger partial charge on any atom is -0.491 e. The highest BCUT2D eigenvalue weighted by Gasteiger charge is 2.07. The maximum Gasteiger partial charge on any atom is 0.128 e.